The molecular weight excluding hydrogens is 192 g/mol. The second kappa shape index (κ2) is 6.78. The van der Waals surface area contributed by atoms with Crippen LogP contribution in [0.5, 0.6) is 0 Å². The highest BCUT2D eigenvalue weighted by molar-refractivity contribution is 5.75. The SMILES string of the molecule is NC(=O)NCCC[C@H](N)C(=O)ON=O. The van der Waals surface area contributed by atoms with Gasteiger partial charge in [0.25, 0.3) is 0 Å². The first-order chi connectivity index (χ1) is 6.57. The van der Waals surface area contributed by atoms with Gasteiger partial charge in [0.05, 0.1) is 0 Å². The van der Waals surface area contributed by atoms with Gasteiger partial charge in [-0.3, -0.25) is 4.84 Å². The number of carbonyl (C=O) groups is 2. The number of hydrogen-bond donors (Lipinski definition) is 3. The highest BCUT2D eigenvalue weighted by atomic mass is 16.7. The van der Waals surface area contributed by atoms with E-state index in [0.29, 0.717) is 13.0 Å². The minimum atomic E-state index is -0.914. The van der Waals surface area contributed by atoms with Crippen molar-refractivity contribution in [1.82, 2.24) is 5.32 Å². The maximum atomic E-state index is 10.7. The first-order valence-electron chi connectivity index (χ1n) is 3.90. The Hall–Kier alpha value is -1.70. The Labute approximate surface area is 79.9 Å². The molecule has 0 saturated heterocycles. The Balaban J connectivity index is 3.52. The third kappa shape index (κ3) is 5.89. The van der Waals surface area contributed by atoms with Crippen molar-refractivity contribution in [3.8, 4) is 0 Å². The minimum absolute atomic E-state index is 0.272. The van der Waals surface area contributed by atoms with Gasteiger partial charge in [-0.2, -0.15) is 0 Å². The maximum absolute atomic E-state index is 10.7. The lowest BCUT2D eigenvalue weighted by atomic mass is 10.2. The van der Waals surface area contributed by atoms with Crippen LogP contribution in [0.4, 0.5) is 4.79 Å². The predicted molar refractivity (Wildman–Crippen MR) is 46.7 cm³/mol. The Morgan fingerprint density at radius 1 is 1.50 bits per heavy atom. The minimum Gasteiger partial charge on any atom is -0.352 e. The first kappa shape index (κ1) is 12.3. The molecule has 0 spiro atoms. The quantitative estimate of drug-likeness (QED) is 0.289. The van der Waals surface area contributed by atoms with Crippen molar-refractivity contribution < 1.29 is 14.4 Å². The topological polar surface area (TPSA) is 137 Å². The molecule has 2 amide bonds. The van der Waals surface area contributed by atoms with Gasteiger partial charge in [-0.1, -0.05) is 0 Å². The summed E-state index contributed by atoms with van der Waals surface area (Å²) in [6, 6.07) is -1.56. The molecule has 0 aromatic heterocycles. The summed E-state index contributed by atoms with van der Waals surface area (Å²) in [6.45, 7) is 0.310. The van der Waals surface area contributed by atoms with Crippen LogP contribution in [0.1, 0.15) is 12.8 Å². The van der Waals surface area contributed by atoms with Gasteiger partial charge in [0.1, 0.15) is 6.04 Å². The van der Waals surface area contributed by atoms with E-state index in [2.05, 4.69) is 10.2 Å². The smallest absolute Gasteiger partial charge is 0.352 e. The number of urea groups is 1. The molecule has 0 aliphatic heterocycles. The average molecular weight is 204 g/mol. The van der Waals surface area contributed by atoms with Crippen molar-refractivity contribution in [2.45, 2.75) is 18.9 Å². The number of nitrogens with zero attached hydrogens (tertiary/aromatic N) is 1. The fourth-order valence-corrected chi connectivity index (χ4v) is 0.756. The zero-order valence-electron chi connectivity index (χ0n) is 7.43. The summed E-state index contributed by atoms with van der Waals surface area (Å²) in [6.07, 6.45) is 0.729. The predicted octanol–water partition coefficient (Wildman–Crippen LogP) is -1.01. The molecule has 0 heterocycles. The van der Waals surface area contributed by atoms with E-state index in [9.17, 15) is 14.5 Å². The van der Waals surface area contributed by atoms with Crippen molar-refractivity contribution in [3.63, 3.8) is 0 Å². The van der Waals surface area contributed by atoms with Crippen LogP contribution >= 0.6 is 0 Å². The maximum Gasteiger partial charge on any atom is 0.355 e. The summed E-state index contributed by atoms with van der Waals surface area (Å²) >= 11 is 0. The Kier molecular flexibility index (Phi) is 5.95. The second-order valence-corrected chi connectivity index (χ2v) is 2.52. The molecule has 0 unspecified atom stereocenters. The molecule has 0 aromatic carbocycles. The van der Waals surface area contributed by atoms with Crippen molar-refractivity contribution in [3.05, 3.63) is 4.91 Å². The summed E-state index contributed by atoms with van der Waals surface area (Å²) in [5.41, 5.74) is 10.1. The molecule has 0 radical (unpaired) electrons. The average Bonchev–Trinajstić information content (AvgIpc) is 2.12. The van der Waals surface area contributed by atoms with Crippen molar-refractivity contribution in [2.24, 2.45) is 16.8 Å². The second-order valence-electron chi connectivity index (χ2n) is 2.52. The van der Waals surface area contributed by atoms with Crippen LogP contribution in [0.15, 0.2) is 5.34 Å². The van der Waals surface area contributed by atoms with Crippen molar-refractivity contribution >= 4 is 12.0 Å². The Bertz CT molecular complexity index is 220. The molecule has 0 rings (SSSR count). The highest BCUT2D eigenvalue weighted by Crippen LogP contribution is 1.96. The largest absolute Gasteiger partial charge is 0.355 e. The van der Waals surface area contributed by atoms with Crippen LogP contribution in [0, 0.1) is 4.91 Å². The number of nitrogens with one attached hydrogen (secondary N) is 1. The molecule has 0 aliphatic rings. The van der Waals surface area contributed by atoms with E-state index < -0.39 is 18.0 Å². The highest BCUT2D eigenvalue weighted by Gasteiger charge is 2.15. The van der Waals surface area contributed by atoms with Crippen molar-refractivity contribution in [1.29, 1.82) is 0 Å². The van der Waals surface area contributed by atoms with E-state index in [1.54, 1.807) is 0 Å². The van der Waals surface area contributed by atoms with Crippen LogP contribution in [0.2, 0.25) is 0 Å². The summed E-state index contributed by atoms with van der Waals surface area (Å²) in [5.74, 6) is -0.890. The Morgan fingerprint density at radius 3 is 2.64 bits per heavy atom. The van der Waals surface area contributed by atoms with Crippen LogP contribution in [0.25, 0.3) is 0 Å². The molecular formula is C6H12N4O4. The van der Waals surface area contributed by atoms with E-state index in [0.717, 1.165) is 0 Å². The van der Waals surface area contributed by atoms with E-state index in [1.807, 2.05) is 5.34 Å². The van der Waals surface area contributed by atoms with Crippen LogP contribution in [-0.2, 0) is 9.63 Å². The standard InChI is InChI=1S/C6H12N4O4/c7-4(5(11)14-10-13)2-1-3-9-6(8)12/h4H,1-3,7H2,(H3,8,9,12)/t4-/m0/s1. The summed E-state index contributed by atoms with van der Waals surface area (Å²) < 4.78 is 0. The van der Waals surface area contributed by atoms with Gasteiger partial charge in [-0.25, -0.2) is 9.59 Å². The lowest BCUT2D eigenvalue weighted by Crippen LogP contribution is -2.34. The number of primary amides is 1. The molecule has 8 nitrogen and oxygen atoms in total. The van der Waals surface area contributed by atoms with Gasteiger partial charge >= 0.3 is 12.0 Å². The normalized spacial score (nSPS) is 11.5. The molecule has 0 bridgehead atoms. The summed E-state index contributed by atoms with van der Waals surface area (Å²) in [4.78, 5) is 34.2. The molecule has 5 N–H and O–H groups in total. The number of nitrogens with two attached hydrogens (primary N) is 2. The summed E-state index contributed by atoms with van der Waals surface area (Å²) in [7, 11) is 0. The first-order valence-corrected chi connectivity index (χ1v) is 3.90. The van der Waals surface area contributed by atoms with Gasteiger partial charge in [-0.05, 0) is 12.8 Å². The number of amides is 2. The molecule has 0 fully saturated rings. The van der Waals surface area contributed by atoms with Crippen LogP contribution in [0.3, 0.4) is 0 Å². The fraction of sp³-hybridized carbons (Fsp3) is 0.667. The molecule has 8 heteroatoms. The molecule has 0 aliphatic carbocycles. The zero-order valence-corrected chi connectivity index (χ0v) is 7.43. The van der Waals surface area contributed by atoms with E-state index in [-0.39, 0.29) is 6.42 Å². The van der Waals surface area contributed by atoms with Gasteiger partial charge in [0, 0.05) is 6.54 Å². The Morgan fingerprint density at radius 2 is 2.14 bits per heavy atom. The lowest BCUT2D eigenvalue weighted by Gasteiger charge is -2.06. The molecule has 0 aromatic rings. The van der Waals surface area contributed by atoms with E-state index in [1.165, 1.54) is 0 Å². The van der Waals surface area contributed by atoms with Crippen molar-refractivity contribution in [2.75, 3.05) is 6.54 Å². The third-order valence-electron chi connectivity index (χ3n) is 1.42. The molecule has 1 atom stereocenters. The summed E-state index contributed by atoms with van der Waals surface area (Å²) in [5, 5.41) is 4.26. The molecule has 80 valence electrons. The van der Waals surface area contributed by atoms with Gasteiger partial charge in [0.15, 0.2) is 5.34 Å². The third-order valence-corrected chi connectivity index (χ3v) is 1.42. The van der Waals surface area contributed by atoms with Gasteiger partial charge < -0.3 is 16.8 Å². The van der Waals surface area contributed by atoms with Crippen LogP contribution in [-0.4, -0.2) is 24.6 Å². The fourth-order valence-electron chi connectivity index (χ4n) is 0.756. The molecule has 0 saturated carbocycles. The van der Waals surface area contributed by atoms with Crippen LogP contribution < -0.4 is 16.8 Å². The lowest BCUT2D eigenvalue weighted by molar-refractivity contribution is -0.145. The molecule has 14 heavy (non-hydrogen) atoms. The van der Waals surface area contributed by atoms with Gasteiger partial charge in [0.2, 0.25) is 0 Å². The van der Waals surface area contributed by atoms with E-state index in [4.69, 9.17) is 11.5 Å². The van der Waals surface area contributed by atoms with E-state index >= 15 is 0 Å². The number of rotatable bonds is 6. The number of carbonyl (C=O) groups excluding carboxylic acids is 2. The monoisotopic (exact) mass is 204 g/mol. The zero-order chi connectivity index (χ0) is 11.0. The van der Waals surface area contributed by atoms with Gasteiger partial charge in [-0.15, -0.1) is 4.91 Å². The number of hydrogen-bond acceptors (Lipinski definition) is 6.